The Bertz CT molecular complexity index is 1340. The summed E-state index contributed by atoms with van der Waals surface area (Å²) in [6.07, 6.45) is 8.20. The van der Waals surface area contributed by atoms with Gasteiger partial charge in [0.25, 0.3) is 0 Å². The largest absolute Gasteiger partial charge is 0.497 e. The molecule has 0 radical (unpaired) electrons. The van der Waals surface area contributed by atoms with E-state index in [9.17, 15) is 14.4 Å². The Morgan fingerprint density at radius 3 is 2.60 bits per heavy atom. The van der Waals surface area contributed by atoms with Crippen LogP contribution < -0.4 is 20.1 Å². The summed E-state index contributed by atoms with van der Waals surface area (Å²) < 4.78 is 17.3. The van der Waals surface area contributed by atoms with Gasteiger partial charge in [0.15, 0.2) is 0 Å². The first kappa shape index (κ1) is 26.4. The van der Waals surface area contributed by atoms with Gasteiger partial charge in [0.05, 0.1) is 38.7 Å². The van der Waals surface area contributed by atoms with Crippen molar-refractivity contribution in [2.75, 3.05) is 19.5 Å². The molecule has 3 aliphatic heterocycles. The van der Waals surface area contributed by atoms with Crippen molar-refractivity contribution in [1.29, 1.82) is 0 Å². The number of carbonyl (C=O) groups excluding carboxylic acids is 3. The number of para-hydroxylation sites is 1. The molecule has 2 aromatic carbocycles. The van der Waals surface area contributed by atoms with Gasteiger partial charge in [-0.2, -0.15) is 0 Å². The highest BCUT2D eigenvalue weighted by Crippen LogP contribution is 2.55. The van der Waals surface area contributed by atoms with Crippen LogP contribution in [0.4, 0.5) is 5.69 Å². The number of likely N-dealkylation sites (tertiary alicyclic amines) is 1. The van der Waals surface area contributed by atoms with E-state index in [1.807, 2.05) is 36.4 Å². The summed E-state index contributed by atoms with van der Waals surface area (Å²) in [5.74, 6) is -1.21. The number of rotatable bonds is 8. The second-order valence-corrected chi connectivity index (χ2v) is 11.0. The molecule has 2 saturated heterocycles. The minimum Gasteiger partial charge on any atom is -0.497 e. The number of nitrogens with one attached hydrogen (secondary N) is 2. The maximum atomic E-state index is 14.2. The van der Waals surface area contributed by atoms with Crippen molar-refractivity contribution in [3.05, 3.63) is 66.2 Å². The van der Waals surface area contributed by atoms with Crippen LogP contribution >= 0.6 is 0 Å². The Hall–Kier alpha value is -3.85. The Kier molecular flexibility index (Phi) is 7.00. The normalized spacial score (nSPS) is 28.9. The number of fused-ring (bicyclic) bond motifs is 1. The van der Waals surface area contributed by atoms with Crippen molar-refractivity contribution in [3.63, 3.8) is 0 Å². The first-order valence-electron chi connectivity index (χ1n) is 14.0. The number of carbonyl (C=O) groups is 3. The molecule has 1 spiro atoms. The van der Waals surface area contributed by atoms with Gasteiger partial charge in [-0.25, -0.2) is 0 Å². The van der Waals surface area contributed by atoms with Gasteiger partial charge in [0.1, 0.15) is 23.1 Å². The van der Waals surface area contributed by atoms with Crippen LogP contribution in [-0.2, 0) is 25.7 Å². The Labute approximate surface area is 233 Å². The summed E-state index contributed by atoms with van der Waals surface area (Å²) in [4.78, 5) is 43.5. The zero-order valence-corrected chi connectivity index (χ0v) is 22.8. The molecule has 40 heavy (non-hydrogen) atoms. The number of anilines is 1. The molecule has 3 amide bonds. The fraction of sp³-hybridized carbons (Fsp3) is 0.452. The van der Waals surface area contributed by atoms with Crippen LogP contribution in [0.25, 0.3) is 0 Å². The molecule has 1 aliphatic carbocycles. The third-order valence-corrected chi connectivity index (χ3v) is 8.75. The van der Waals surface area contributed by atoms with Crippen LogP contribution in [0, 0.1) is 11.8 Å². The lowest BCUT2D eigenvalue weighted by Crippen LogP contribution is -2.56. The molecule has 2 N–H and O–H groups in total. The van der Waals surface area contributed by atoms with Crippen molar-refractivity contribution < 1.29 is 28.6 Å². The van der Waals surface area contributed by atoms with Gasteiger partial charge in [-0.1, -0.05) is 55.7 Å². The molecule has 0 aromatic heterocycles. The van der Waals surface area contributed by atoms with Crippen LogP contribution in [-0.4, -0.2) is 60.6 Å². The van der Waals surface area contributed by atoms with Crippen LogP contribution in [0.1, 0.15) is 37.7 Å². The zero-order chi connectivity index (χ0) is 27.9. The van der Waals surface area contributed by atoms with Gasteiger partial charge in [-0.3, -0.25) is 14.4 Å². The molecule has 210 valence electrons. The quantitative estimate of drug-likeness (QED) is 0.493. The Balaban J connectivity index is 1.33. The number of nitrogens with zero attached hydrogens (tertiary/aromatic N) is 1. The summed E-state index contributed by atoms with van der Waals surface area (Å²) in [5, 5.41) is 6.16. The van der Waals surface area contributed by atoms with Crippen molar-refractivity contribution in [1.82, 2.24) is 10.2 Å². The first-order valence-corrected chi connectivity index (χ1v) is 14.0. The number of benzene rings is 2. The second kappa shape index (κ2) is 10.6. The third kappa shape index (κ3) is 4.42. The van der Waals surface area contributed by atoms with Crippen molar-refractivity contribution >= 4 is 23.4 Å². The van der Waals surface area contributed by atoms with Crippen molar-refractivity contribution in [3.8, 4) is 11.5 Å². The zero-order valence-electron chi connectivity index (χ0n) is 22.8. The van der Waals surface area contributed by atoms with E-state index in [1.165, 1.54) is 0 Å². The van der Waals surface area contributed by atoms with E-state index in [-0.39, 0.29) is 30.3 Å². The van der Waals surface area contributed by atoms with Gasteiger partial charge in [-0.15, -0.1) is 0 Å². The van der Waals surface area contributed by atoms with E-state index in [1.54, 1.807) is 43.4 Å². The summed E-state index contributed by atoms with van der Waals surface area (Å²) in [6, 6.07) is 13.7. The molecule has 3 fully saturated rings. The molecule has 0 unspecified atom stereocenters. The van der Waals surface area contributed by atoms with Crippen LogP contribution in [0.5, 0.6) is 11.5 Å². The highest BCUT2D eigenvalue weighted by Gasteiger charge is 2.72. The Morgan fingerprint density at radius 1 is 1.02 bits per heavy atom. The van der Waals surface area contributed by atoms with E-state index >= 15 is 0 Å². The molecular formula is C31H35N3O6. The molecule has 9 heteroatoms. The van der Waals surface area contributed by atoms with Crippen LogP contribution in [0.15, 0.2) is 60.7 Å². The SMILES string of the molecule is COc1cccc(NC(=O)[C@H]2[C@H]3C=C[C@]4(O3)[C@H](C(=O)NC3CCCCC3)N(Cc3ccccc3OC)C(=O)[C@@H]24)c1. The van der Waals surface area contributed by atoms with E-state index in [2.05, 4.69) is 10.6 Å². The summed E-state index contributed by atoms with van der Waals surface area (Å²) in [5.41, 5.74) is 0.119. The maximum Gasteiger partial charge on any atom is 0.246 e. The summed E-state index contributed by atoms with van der Waals surface area (Å²) >= 11 is 0. The average Bonchev–Trinajstić information content (AvgIpc) is 3.61. The van der Waals surface area contributed by atoms with Crippen molar-refractivity contribution in [2.24, 2.45) is 11.8 Å². The molecule has 9 nitrogen and oxygen atoms in total. The fourth-order valence-corrected chi connectivity index (χ4v) is 6.91. The number of hydrogen-bond acceptors (Lipinski definition) is 6. The van der Waals surface area contributed by atoms with Crippen LogP contribution in [0.2, 0.25) is 0 Å². The topological polar surface area (TPSA) is 106 Å². The van der Waals surface area contributed by atoms with Gasteiger partial charge in [0, 0.05) is 23.4 Å². The van der Waals surface area contributed by atoms with Crippen molar-refractivity contribution in [2.45, 2.75) is 62.4 Å². The molecule has 2 bridgehead atoms. The predicted octanol–water partition coefficient (Wildman–Crippen LogP) is 3.44. The minimum absolute atomic E-state index is 0.0645. The third-order valence-electron chi connectivity index (χ3n) is 8.75. The lowest BCUT2D eigenvalue weighted by atomic mass is 9.74. The van der Waals surface area contributed by atoms with Gasteiger partial charge >= 0.3 is 0 Å². The highest BCUT2D eigenvalue weighted by molar-refractivity contribution is 6.02. The van der Waals surface area contributed by atoms with E-state index in [0.717, 1.165) is 37.7 Å². The smallest absolute Gasteiger partial charge is 0.246 e. The lowest BCUT2D eigenvalue weighted by molar-refractivity contribution is -0.142. The number of methoxy groups -OCH3 is 2. The first-order chi connectivity index (χ1) is 19.4. The van der Waals surface area contributed by atoms with Gasteiger partial charge in [-0.05, 0) is 31.0 Å². The van der Waals surface area contributed by atoms with E-state index in [0.29, 0.717) is 17.2 Å². The van der Waals surface area contributed by atoms with Crippen LogP contribution in [0.3, 0.4) is 0 Å². The predicted molar refractivity (Wildman–Crippen MR) is 148 cm³/mol. The molecule has 2 aromatic rings. The molecular weight excluding hydrogens is 510 g/mol. The van der Waals surface area contributed by atoms with Gasteiger partial charge < -0.3 is 29.7 Å². The average molecular weight is 546 g/mol. The number of amides is 3. The Morgan fingerprint density at radius 2 is 1.82 bits per heavy atom. The number of hydrogen-bond donors (Lipinski definition) is 2. The van der Waals surface area contributed by atoms with E-state index < -0.39 is 29.6 Å². The standard InChI is InChI=1S/C31H35N3O6/c1-38-22-13-8-12-21(17-22)33-28(35)25-24-15-16-31(40-24)26(25)30(37)34(18-19-9-6-7-14-23(19)39-2)27(31)29(36)32-20-10-4-3-5-11-20/h6-9,12-17,20,24-27H,3-5,10-11,18H2,1-2H3,(H,32,36)(H,33,35)/t24-,25+,26-,27+,31-/m1/s1. The summed E-state index contributed by atoms with van der Waals surface area (Å²) in [7, 11) is 3.14. The molecule has 4 aliphatic rings. The fourth-order valence-electron chi connectivity index (χ4n) is 6.91. The van der Waals surface area contributed by atoms with Gasteiger partial charge in [0.2, 0.25) is 17.7 Å². The lowest BCUT2D eigenvalue weighted by Gasteiger charge is -2.34. The summed E-state index contributed by atoms with van der Waals surface area (Å²) in [6.45, 7) is 0.163. The van der Waals surface area contributed by atoms with E-state index in [4.69, 9.17) is 14.2 Å². The molecule has 6 rings (SSSR count). The molecule has 3 heterocycles. The monoisotopic (exact) mass is 545 g/mol. The minimum atomic E-state index is -1.22. The second-order valence-electron chi connectivity index (χ2n) is 11.0. The maximum absolute atomic E-state index is 14.2. The number of ether oxygens (including phenoxy) is 3. The highest BCUT2D eigenvalue weighted by atomic mass is 16.5. The molecule has 1 saturated carbocycles. The molecule has 5 atom stereocenters.